The van der Waals surface area contributed by atoms with Gasteiger partial charge in [-0.3, -0.25) is 4.90 Å². The molecule has 0 saturated carbocycles. The zero-order chi connectivity index (χ0) is 18.7. The van der Waals surface area contributed by atoms with Crippen molar-refractivity contribution >= 4 is 0 Å². The molecule has 2 aromatic carbocycles. The van der Waals surface area contributed by atoms with Gasteiger partial charge in [0.15, 0.2) is 0 Å². The lowest BCUT2D eigenvalue weighted by atomic mass is 10.1. The highest BCUT2D eigenvalue weighted by molar-refractivity contribution is 5.55. The van der Waals surface area contributed by atoms with Crippen LogP contribution in [0, 0.1) is 12.7 Å². The van der Waals surface area contributed by atoms with Crippen LogP contribution in [0.2, 0.25) is 0 Å². The van der Waals surface area contributed by atoms with Gasteiger partial charge in [-0.25, -0.2) is 4.39 Å². The van der Waals surface area contributed by atoms with Crippen LogP contribution < -0.4 is 4.74 Å². The number of hydrogen-bond donors (Lipinski definition) is 0. The standard InChI is InChI=1S/C20H22FN3O2/c1-13-8-9-16(11-18(13)21)19-22-20(26-23-19)14(2)24(3)12-15-6-5-7-17(10-15)25-4/h5-11,14H,12H2,1-4H3. The lowest BCUT2D eigenvalue weighted by Crippen LogP contribution is -2.22. The first kappa shape index (κ1) is 18.1. The average molecular weight is 355 g/mol. The highest BCUT2D eigenvalue weighted by atomic mass is 19.1. The fourth-order valence-corrected chi connectivity index (χ4v) is 2.64. The topological polar surface area (TPSA) is 51.4 Å². The van der Waals surface area contributed by atoms with Crippen LogP contribution in [0.1, 0.15) is 30.0 Å². The van der Waals surface area contributed by atoms with E-state index >= 15 is 0 Å². The van der Waals surface area contributed by atoms with Crippen molar-refractivity contribution in [2.75, 3.05) is 14.2 Å². The van der Waals surface area contributed by atoms with Gasteiger partial charge in [0.25, 0.3) is 0 Å². The first-order valence-corrected chi connectivity index (χ1v) is 8.41. The van der Waals surface area contributed by atoms with Crippen molar-refractivity contribution in [1.82, 2.24) is 15.0 Å². The fourth-order valence-electron chi connectivity index (χ4n) is 2.64. The van der Waals surface area contributed by atoms with Gasteiger partial charge in [-0.1, -0.05) is 29.4 Å². The van der Waals surface area contributed by atoms with Gasteiger partial charge in [0.1, 0.15) is 11.6 Å². The van der Waals surface area contributed by atoms with Gasteiger partial charge in [0.05, 0.1) is 13.2 Å². The molecule has 6 heteroatoms. The highest BCUT2D eigenvalue weighted by Gasteiger charge is 2.20. The fraction of sp³-hybridized carbons (Fsp3) is 0.300. The summed E-state index contributed by atoms with van der Waals surface area (Å²) in [4.78, 5) is 6.54. The number of ether oxygens (including phenoxy) is 1. The second kappa shape index (κ2) is 7.66. The van der Waals surface area contributed by atoms with Gasteiger partial charge in [0, 0.05) is 12.1 Å². The van der Waals surface area contributed by atoms with E-state index in [1.165, 1.54) is 6.07 Å². The summed E-state index contributed by atoms with van der Waals surface area (Å²) < 4.78 is 24.4. The van der Waals surface area contributed by atoms with Crippen molar-refractivity contribution in [3.05, 3.63) is 65.3 Å². The van der Waals surface area contributed by atoms with E-state index in [0.717, 1.165) is 11.3 Å². The molecule has 1 unspecified atom stereocenters. The molecule has 1 aromatic heterocycles. The normalized spacial score (nSPS) is 12.4. The molecule has 0 fully saturated rings. The molecule has 0 amide bonds. The predicted octanol–water partition coefficient (Wildman–Crippen LogP) is 4.39. The van der Waals surface area contributed by atoms with E-state index in [-0.39, 0.29) is 11.9 Å². The van der Waals surface area contributed by atoms with Crippen LogP contribution in [-0.4, -0.2) is 29.2 Å². The van der Waals surface area contributed by atoms with E-state index in [4.69, 9.17) is 9.26 Å². The molecule has 0 saturated heterocycles. The molecular weight excluding hydrogens is 333 g/mol. The van der Waals surface area contributed by atoms with E-state index in [1.54, 1.807) is 26.2 Å². The van der Waals surface area contributed by atoms with E-state index in [0.29, 0.717) is 29.4 Å². The van der Waals surface area contributed by atoms with Crippen LogP contribution in [0.3, 0.4) is 0 Å². The van der Waals surface area contributed by atoms with Crippen molar-refractivity contribution < 1.29 is 13.7 Å². The first-order chi connectivity index (χ1) is 12.5. The van der Waals surface area contributed by atoms with Crippen LogP contribution in [0.25, 0.3) is 11.4 Å². The Morgan fingerprint density at radius 1 is 1.23 bits per heavy atom. The summed E-state index contributed by atoms with van der Waals surface area (Å²) >= 11 is 0. The Hall–Kier alpha value is -2.73. The summed E-state index contributed by atoms with van der Waals surface area (Å²) in [7, 11) is 3.64. The molecule has 0 radical (unpaired) electrons. The Morgan fingerprint density at radius 2 is 2.04 bits per heavy atom. The minimum Gasteiger partial charge on any atom is -0.497 e. The predicted molar refractivity (Wildman–Crippen MR) is 97.3 cm³/mol. The molecular formula is C20H22FN3O2. The number of methoxy groups -OCH3 is 1. The Morgan fingerprint density at radius 3 is 2.77 bits per heavy atom. The molecule has 0 spiro atoms. The zero-order valence-electron chi connectivity index (χ0n) is 15.4. The molecule has 3 rings (SSSR count). The quantitative estimate of drug-likeness (QED) is 0.656. The van der Waals surface area contributed by atoms with Gasteiger partial charge in [0.2, 0.25) is 11.7 Å². The van der Waals surface area contributed by atoms with Gasteiger partial charge >= 0.3 is 0 Å². The maximum absolute atomic E-state index is 13.8. The summed E-state index contributed by atoms with van der Waals surface area (Å²) in [6, 6.07) is 12.8. The van der Waals surface area contributed by atoms with Crippen LogP contribution in [0.4, 0.5) is 4.39 Å². The van der Waals surface area contributed by atoms with E-state index in [1.807, 2.05) is 38.2 Å². The molecule has 26 heavy (non-hydrogen) atoms. The number of benzene rings is 2. The zero-order valence-corrected chi connectivity index (χ0v) is 15.4. The largest absolute Gasteiger partial charge is 0.497 e. The number of hydrogen-bond acceptors (Lipinski definition) is 5. The number of halogens is 1. The van der Waals surface area contributed by atoms with Gasteiger partial charge < -0.3 is 9.26 Å². The molecule has 0 bridgehead atoms. The van der Waals surface area contributed by atoms with Crippen molar-refractivity contribution in [2.45, 2.75) is 26.4 Å². The molecule has 1 heterocycles. The molecule has 0 aliphatic rings. The van der Waals surface area contributed by atoms with E-state index in [2.05, 4.69) is 15.0 Å². The second-order valence-corrected chi connectivity index (χ2v) is 6.36. The first-order valence-electron chi connectivity index (χ1n) is 8.41. The van der Waals surface area contributed by atoms with Crippen molar-refractivity contribution in [3.8, 4) is 17.1 Å². The smallest absolute Gasteiger partial charge is 0.244 e. The molecule has 1 atom stereocenters. The monoisotopic (exact) mass is 355 g/mol. The third kappa shape index (κ3) is 3.91. The van der Waals surface area contributed by atoms with Crippen LogP contribution >= 0.6 is 0 Å². The summed E-state index contributed by atoms with van der Waals surface area (Å²) in [5, 5.41) is 4.00. The maximum Gasteiger partial charge on any atom is 0.244 e. The van der Waals surface area contributed by atoms with Crippen molar-refractivity contribution in [3.63, 3.8) is 0 Å². The number of aromatic nitrogens is 2. The molecule has 136 valence electrons. The number of nitrogens with zero attached hydrogens (tertiary/aromatic N) is 3. The minimum absolute atomic E-state index is 0.0854. The number of rotatable bonds is 6. The summed E-state index contributed by atoms with van der Waals surface area (Å²) in [5.74, 6) is 1.42. The Balaban J connectivity index is 1.74. The van der Waals surface area contributed by atoms with Gasteiger partial charge in [-0.05, 0) is 50.2 Å². The summed E-state index contributed by atoms with van der Waals surface area (Å²) in [6.07, 6.45) is 0. The van der Waals surface area contributed by atoms with Crippen LogP contribution in [0.15, 0.2) is 47.0 Å². The van der Waals surface area contributed by atoms with Gasteiger partial charge in [-0.15, -0.1) is 0 Å². The minimum atomic E-state index is -0.281. The lowest BCUT2D eigenvalue weighted by Gasteiger charge is -2.21. The Bertz CT molecular complexity index is 894. The third-order valence-electron chi connectivity index (χ3n) is 4.46. The van der Waals surface area contributed by atoms with Crippen molar-refractivity contribution in [2.24, 2.45) is 0 Å². The van der Waals surface area contributed by atoms with E-state index < -0.39 is 0 Å². The SMILES string of the molecule is COc1cccc(CN(C)C(C)c2nc(-c3ccc(C)c(F)c3)no2)c1. The number of aryl methyl sites for hydroxylation is 1. The second-order valence-electron chi connectivity index (χ2n) is 6.36. The summed E-state index contributed by atoms with van der Waals surface area (Å²) in [6.45, 7) is 4.42. The van der Waals surface area contributed by atoms with E-state index in [9.17, 15) is 4.39 Å². The van der Waals surface area contributed by atoms with Crippen molar-refractivity contribution in [1.29, 1.82) is 0 Å². The molecule has 0 N–H and O–H groups in total. The molecule has 0 aliphatic carbocycles. The average Bonchev–Trinajstić information content (AvgIpc) is 3.13. The Labute approximate surface area is 152 Å². The molecule has 0 aliphatic heterocycles. The molecule has 3 aromatic rings. The maximum atomic E-state index is 13.8. The summed E-state index contributed by atoms with van der Waals surface area (Å²) in [5.41, 5.74) is 2.31. The highest BCUT2D eigenvalue weighted by Crippen LogP contribution is 2.24. The lowest BCUT2D eigenvalue weighted by molar-refractivity contribution is 0.202. The Kier molecular flexibility index (Phi) is 5.32. The third-order valence-corrected chi connectivity index (χ3v) is 4.46. The molecule has 5 nitrogen and oxygen atoms in total. The van der Waals surface area contributed by atoms with Gasteiger partial charge in [-0.2, -0.15) is 4.98 Å². The van der Waals surface area contributed by atoms with Crippen LogP contribution in [-0.2, 0) is 6.54 Å². The van der Waals surface area contributed by atoms with Crippen LogP contribution in [0.5, 0.6) is 5.75 Å².